The quantitative estimate of drug-likeness (QED) is 0.656. The molecule has 4 rings (SSSR count). The predicted octanol–water partition coefficient (Wildman–Crippen LogP) is 4.93. The minimum Gasteiger partial charge on any atom is -0.371 e. The van der Waals surface area contributed by atoms with Crippen molar-refractivity contribution in [3.63, 3.8) is 0 Å². The van der Waals surface area contributed by atoms with E-state index in [1.165, 1.54) is 22.4 Å². The summed E-state index contributed by atoms with van der Waals surface area (Å²) in [6.07, 6.45) is 6.10. The summed E-state index contributed by atoms with van der Waals surface area (Å²) in [7, 11) is 2.02. The van der Waals surface area contributed by atoms with Crippen LogP contribution in [0.15, 0.2) is 55.1 Å². The van der Waals surface area contributed by atoms with Crippen molar-refractivity contribution in [1.82, 2.24) is 10.2 Å². The zero-order valence-corrected chi connectivity index (χ0v) is 20.4. The van der Waals surface area contributed by atoms with E-state index in [0.717, 1.165) is 70.3 Å². The van der Waals surface area contributed by atoms with Crippen LogP contribution in [0.2, 0.25) is 0 Å². The molecule has 4 heteroatoms. The number of anilines is 1. The summed E-state index contributed by atoms with van der Waals surface area (Å²) in [5.74, 6) is 0.458. The maximum Gasteiger partial charge on any atom is 0.227 e. The fraction of sp³-hybridized carbons (Fsp3) is 0.483. The lowest BCUT2D eigenvalue weighted by Crippen LogP contribution is -2.49. The van der Waals surface area contributed by atoms with E-state index >= 15 is 0 Å². The molecule has 1 amide bonds. The zero-order chi connectivity index (χ0) is 23.2. The van der Waals surface area contributed by atoms with Gasteiger partial charge in [-0.25, -0.2) is 0 Å². The average Bonchev–Trinajstić information content (AvgIpc) is 2.88. The topological polar surface area (TPSA) is 35.6 Å². The van der Waals surface area contributed by atoms with Crippen molar-refractivity contribution in [2.75, 3.05) is 38.1 Å². The number of likely N-dealkylation sites (tertiary alicyclic amines) is 1. The molecule has 2 fully saturated rings. The van der Waals surface area contributed by atoms with Gasteiger partial charge in [0.2, 0.25) is 5.91 Å². The smallest absolute Gasteiger partial charge is 0.227 e. The molecule has 0 radical (unpaired) electrons. The third-order valence-electron chi connectivity index (χ3n) is 7.51. The SMILES string of the molecule is C=C(Cc1ccccc1CC)c1cccc(N2CCC[C@H](C(=O)N3CCC(NC)CC3)C2)c1. The van der Waals surface area contributed by atoms with Gasteiger partial charge in [0.25, 0.3) is 0 Å². The van der Waals surface area contributed by atoms with Crippen LogP contribution < -0.4 is 10.2 Å². The number of nitrogens with one attached hydrogen (secondary N) is 1. The summed E-state index contributed by atoms with van der Waals surface area (Å²) < 4.78 is 0. The van der Waals surface area contributed by atoms with Crippen LogP contribution in [0.5, 0.6) is 0 Å². The summed E-state index contributed by atoms with van der Waals surface area (Å²) >= 11 is 0. The Kier molecular flexibility index (Phi) is 7.87. The van der Waals surface area contributed by atoms with Crippen LogP contribution in [0.25, 0.3) is 5.57 Å². The number of aryl methyl sites for hydroxylation is 1. The molecular weight excluding hydrogens is 406 g/mol. The van der Waals surface area contributed by atoms with Gasteiger partial charge in [-0.1, -0.05) is 49.9 Å². The van der Waals surface area contributed by atoms with Crippen molar-refractivity contribution in [2.45, 2.75) is 51.5 Å². The molecule has 0 bridgehead atoms. The number of carbonyl (C=O) groups excluding carboxylic acids is 1. The Balaban J connectivity index is 1.41. The van der Waals surface area contributed by atoms with Crippen LogP contribution in [-0.2, 0) is 17.6 Å². The highest BCUT2D eigenvalue weighted by Crippen LogP contribution is 2.29. The number of nitrogens with zero attached hydrogens (tertiary/aromatic N) is 2. The highest BCUT2D eigenvalue weighted by molar-refractivity contribution is 5.80. The number of hydrogen-bond donors (Lipinski definition) is 1. The largest absolute Gasteiger partial charge is 0.371 e. The molecule has 1 atom stereocenters. The fourth-order valence-electron chi connectivity index (χ4n) is 5.39. The third kappa shape index (κ3) is 5.67. The van der Waals surface area contributed by atoms with Gasteiger partial charge >= 0.3 is 0 Å². The Morgan fingerprint density at radius 1 is 1.03 bits per heavy atom. The van der Waals surface area contributed by atoms with Gasteiger partial charge in [-0.3, -0.25) is 4.79 Å². The van der Waals surface area contributed by atoms with Crippen LogP contribution in [0, 0.1) is 5.92 Å². The first-order valence-corrected chi connectivity index (χ1v) is 12.6. The minimum atomic E-state index is 0.105. The van der Waals surface area contributed by atoms with Crippen LogP contribution >= 0.6 is 0 Å². The number of rotatable bonds is 7. The van der Waals surface area contributed by atoms with Gasteiger partial charge in [0.1, 0.15) is 0 Å². The van der Waals surface area contributed by atoms with Gasteiger partial charge in [0.05, 0.1) is 5.92 Å². The lowest BCUT2D eigenvalue weighted by atomic mass is 9.93. The number of allylic oxidation sites excluding steroid dienone is 1. The van der Waals surface area contributed by atoms with E-state index in [1.807, 2.05) is 7.05 Å². The van der Waals surface area contributed by atoms with E-state index in [-0.39, 0.29) is 5.92 Å². The summed E-state index contributed by atoms with van der Waals surface area (Å²) in [6, 6.07) is 18.0. The van der Waals surface area contributed by atoms with Gasteiger partial charge in [-0.15, -0.1) is 0 Å². The molecule has 0 aliphatic carbocycles. The molecule has 0 aromatic heterocycles. The molecule has 2 heterocycles. The molecule has 33 heavy (non-hydrogen) atoms. The van der Waals surface area contributed by atoms with Crippen LogP contribution in [0.3, 0.4) is 0 Å². The van der Waals surface area contributed by atoms with Crippen molar-refractivity contribution < 1.29 is 4.79 Å². The van der Waals surface area contributed by atoms with Gasteiger partial charge in [-0.2, -0.15) is 0 Å². The highest BCUT2D eigenvalue weighted by atomic mass is 16.2. The van der Waals surface area contributed by atoms with Crippen molar-refractivity contribution in [3.05, 3.63) is 71.8 Å². The normalized spacial score (nSPS) is 19.5. The minimum absolute atomic E-state index is 0.105. The summed E-state index contributed by atoms with van der Waals surface area (Å²) in [5, 5.41) is 3.35. The van der Waals surface area contributed by atoms with E-state index in [0.29, 0.717) is 11.9 Å². The fourth-order valence-corrected chi connectivity index (χ4v) is 5.39. The molecule has 2 aliphatic rings. The summed E-state index contributed by atoms with van der Waals surface area (Å²) in [5.41, 5.74) is 6.31. The van der Waals surface area contributed by atoms with E-state index in [2.05, 4.69) is 77.2 Å². The van der Waals surface area contributed by atoms with E-state index in [4.69, 9.17) is 0 Å². The van der Waals surface area contributed by atoms with Crippen molar-refractivity contribution in [1.29, 1.82) is 0 Å². The Hall–Kier alpha value is -2.59. The molecule has 4 nitrogen and oxygen atoms in total. The molecule has 0 unspecified atom stereocenters. The molecule has 2 aromatic rings. The molecular formula is C29H39N3O. The lowest BCUT2D eigenvalue weighted by Gasteiger charge is -2.38. The highest BCUT2D eigenvalue weighted by Gasteiger charge is 2.31. The molecule has 0 spiro atoms. The monoisotopic (exact) mass is 445 g/mol. The number of benzene rings is 2. The zero-order valence-electron chi connectivity index (χ0n) is 20.4. The molecule has 2 aromatic carbocycles. The summed E-state index contributed by atoms with van der Waals surface area (Å²) in [4.78, 5) is 17.7. The average molecular weight is 446 g/mol. The van der Waals surface area contributed by atoms with Gasteiger partial charge in [0, 0.05) is 37.9 Å². The van der Waals surface area contributed by atoms with E-state index < -0.39 is 0 Å². The van der Waals surface area contributed by atoms with Gasteiger partial charge in [-0.05, 0) is 80.0 Å². The second-order valence-electron chi connectivity index (χ2n) is 9.63. The van der Waals surface area contributed by atoms with Gasteiger partial charge in [0.15, 0.2) is 0 Å². The number of carbonyl (C=O) groups is 1. The molecule has 1 N–H and O–H groups in total. The van der Waals surface area contributed by atoms with Crippen LogP contribution in [0.1, 0.15) is 49.3 Å². The van der Waals surface area contributed by atoms with Crippen molar-refractivity contribution in [3.8, 4) is 0 Å². The van der Waals surface area contributed by atoms with E-state index in [1.54, 1.807) is 0 Å². The van der Waals surface area contributed by atoms with Crippen LogP contribution in [0.4, 0.5) is 5.69 Å². The molecule has 176 valence electrons. The molecule has 0 saturated carbocycles. The standard InChI is InChI=1S/C29H39N3O/c1-4-23-9-5-6-10-25(23)19-22(2)24-11-7-13-28(20-24)32-16-8-12-26(21-32)29(33)31-17-14-27(30-3)15-18-31/h5-7,9-11,13,20,26-27,30H,2,4,8,12,14-19,21H2,1,3H3/t26-/m0/s1. The summed E-state index contributed by atoms with van der Waals surface area (Å²) in [6.45, 7) is 10.2. The first kappa shape index (κ1) is 23.6. The van der Waals surface area contributed by atoms with Gasteiger partial charge < -0.3 is 15.1 Å². The van der Waals surface area contributed by atoms with Crippen molar-refractivity contribution >= 4 is 17.2 Å². The Morgan fingerprint density at radius 2 is 1.79 bits per heavy atom. The van der Waals surface area contributed by atoms with Crippen molar-refractivity contribution in [2.24, 2.45) is 5.92 Å². The Bertz CT molecular complexity index is 961. The number of amides is 1. The second-order valence-corrected chi connectivity index (χ2v) is 9.63. The van der Waals surface area contributed by atoms with E-state index in [9.17, 15) is 4.79 Å². The maximum absolute atomic E-state index is 13.2. The second kappa shape index (κ2) is 11.0. The number of hydrogen-bond acceptors (Lipinski definition) is 3. The predicted molar refractivity (Wildman–Crippen MR) is 139 cm³/mol. The molecule has 2 aliphatic heterocycles. The Morgan fingerprint density at radius 3 is 2.52 bits per heavy atom. The first-order valence-electron chi connectivity index (χ1n) is 12.6. The maximum atomic E-state index is 13.2. The van der Waals surface area contributed by atoms with Crippen LogP contribution in [-0.4, -0.2) is 50.1 Å². The number of piperidine rings is 2. The first-order chi connectivity index (χ1) is 16.1. The third-order valence-corrected chi connectivity index (χ3v) is 7.51. The molecule has 2 saturated heterocycles. The lowest BCUT2D eigenvalue weighted by molar-refractivity contribution is -0.136. The Labute approximate surface area is 199 Å².